The molecule has 0 saturated carbocycles. The Labute approximate surface area is 308 Å². The standard InChI is InChI=1S/2C18H18N6O.CH4.ClH/c2*1-13-9-14(2)11-15(10-13)18-20-12-24(23-18)8-6-17(25)22-21-16-5-3-4-7-19-16;;/h2*3-12H,1-2H3,(H,19,21)(H,22,25);1H4;1H/b2*8-6-;;. The van der Waals surface area contributed by atoms with Crippen LogP contribution in [0.25, 0.3) is 35.2 Å². The molecule has 268 valence electrons. The Hall–Kier alpha value is -6.67. The van der Waals surface area contributed by atoms with Crippen LogP contribution in [0.2, 0.25) is 0 Å². The SMILES string of the molecule is C.Cc1cc(C)cc(-c2ncn(/C=C\C(=O)NNc3ccccn3)n2)c1.Cc1cc(C)cc(-c2ncn(/C=C\C(=O)NNc3ccccn3)n2)c1.Cl. The Bertz CT molecular complexity index is 1920. The number of hydrogen-bond donors (Lipinski definition) is 4. The molecule has 0 aliphatic rings. The molecule has 14 nitrogen and oxygen atoms in total. The molecule has 6 rings (SSSR count). The van der Waals surface area contributed by atoms with Crippen LogP contribution in [0, 0.1) is 27.7 Å². The van der Waals surface area contributed by atoms with E-state index in [4.69, 9.17) is 0 Å². The second kappa shape index (κ2) is 19.5. The first-order chi connectivity index (χ1) is 24.2. The molecule has 0 radical (unpaired) electrons. The van der Waals surface area contributed by atoms with Gasteiger partial charge in [-0.1, -0.05) is 53.9 Å². The van der Waals surface area contributed by atoms with Gasteiger partial charge in [-0.25, -0.2) is 29.3 Å². The average Bonchev–Trinajstić information content (AvgIpc) is 3.79. The summed E-state index contributed by atoms with van der Waals surface area (Å²) in [6, 6.07) is 23.0. The maximum Gasteiger partial charge on any atom is 0.263 e. The molecule has 4 aromatic heterocycles. The largest absolute Gasteiger partial charge is 0.282 e. The molecule has 15 heteroatoms. The maximum atomic E-state index is 11.8. The summed E-state index contributed by atoms with van der Waals surface area (Å²) in [6.07, 6.45) is 12.2. The summed E-state index contributed by atoms with van der Waals surface area (Å²) in [5.41, 5.74) is 17.0. The van der Waals surface area contributed by atoms with E-state index in [2.05, 4.69) is 64.0 Å². The maximum absolute atomic E-state index is 11.8. The van der Waals surface area contributed by atoms with Crippen LogP contribution in [0.4, 0.5) is 11.6 Å². The highest BCUT2D eigenvalue weighted by Crippen LogP contribution is 2.19. The van der Waals surface area contributed by atoms with Crippen molar-refractivity contribution >= 4 is 48.3 Å². The van der Waals surface area contributed by atoms with Gasteiger partial charge in [0.2, 0.25) is 0 Å². The number of hydrogen-bond acceptors (Lipinski definition) is 10. The number of carbonyl (C=O) groups excluding carboxylic acids is 2. The molecular weight excluding hydrogens is 680 g/mol. The number of nitrogens with one attached hydrogen (secondary N) is 4. The number of carbonyl (C=O) groups is 2. The average molecular weight is 721 g/mol. The zero-order valence-corrected chi connectivity index (χ0v) is 29.2. The Morgan fingerprint density at radius 3 is 1.31 bits per heavy atom. The van der Waals surface area contributed by atoms with E-state index in [9.17, 15) is 9.59 Å². The first-order valence-corrected chi connectivity index (χ1v) is 15.5. The number of hydrazine groups is 2. The Morgan fingerprint density at radius 1 is 0.577 bits per heavy atom. The van der Waals surface area contributed by atoms with Crippen molar-refractivity contribution in [3.8, 4) is 22.8 Å². The van der Waals surface area contributed by atoms with Crippen LogP contribution in [0.15, 0.2) is 110 Å². The fourth-order valence-electron chi connectivity index (χ4n) is 4.66. The highest BCUT2D eigenvalue weighted by atomic mass is 35.5. The van der Waals surface area contributed by atoms with E-state index in [1.165, 1.54) is 33.9 Å². The molecular formula is C37H41ClN12O2. The molecule has 0 bridgehead atoms. The van der Waals surface area contributed by atoms with Crippen LogP contribution in [0.3, 0.4) is 0 Å². The number of benzene rings is 2. The normalized spacial score (nSPS) is 10.4. The summed E-state index contributed by atoms with van der Waals surface area (Å²) < 4.78 is 2.99. The highest BCUT2D eigenvalue weighted by molar-refractivity contribution is 5.91. The number of pyridine rings is 2. The number of halogens is 1. The Balaban J connectivity index is 0.000000270. The molecule has 6 aromatic rings. The van der Waals surface area contributed by atoms with E-state index in [1.54, 1.807) is 49.3 Å². The van der Waals surface area contributed by atoms with Crippen molar-refractivity contribution in [2.24, 2.45) is 0 Å². The molecule has 0 spiro atoms. The quantitative estimate of drug-likeness (QED) is 0.0944. The lowest BCUT2D eigenvalue weighted by Gasteiger charge is -2.04. The fraction of sp³-hybridized carbons (Fsp3) is 0.135. The number of aryl methyl sites for hydroxylation is 4. The summed E-state index contributed by atoms with van der Waals surface area (Å²) in [6.45, 7) is 8.14. The third-order valence-corrected chi connectivity index (χ3v) is 6.69. The van der Waals surface area contributed by atoms with Crippen LogP contribution >= 0.6 is 12.4 Å². The van der Waals surface area contributed by atoms with Crippen molar-refractivity contribution < 1.29 is 9.59 Å². The minimum Gasteiger partial charge on any atom is -0.282 e. The summed E-state index contributed by atoms with van der Waals surface area (Å²) in [5, 5.41) is 8.72. The van der Waals surface area contributed by atoms with Gasteiger partial charge in [-0.2, -0.15) is 0 Å². The second-order valence-corrected chi connectivity index (χ2v) is 11.1. The number of rotatable bonds is 10. The molecule has 2 amide bonds. The first kappa shape index (κ1) is 39.8. The van der Waals surface area contributed by atoms with Gasteiger partial charge < -0.3 is 0 Å². The topological polar surface area (TPSA) is 169 Å². The van der Waals surface area contributed by atoms with E-state index in [0.717, 1.165) is 33.4 Å². The predicted molar refractivity (Wildman–Crippen MR) is 207 cm³/mol. The van der Waals surface area contributed by atoms with Crippen molar-refractivity contribution in [1.29, 1.82) is 0 Å². The minimum absolute atomic E-state index is 0. The van der Waals surface area contributed by atoms with Crippen LogP contribution in [-0.2, 0) is 9.59 Å². The lowest BCUT2D eigenvalue weighted by atomic mass is 10.1. The smallest absolute Gasteiger partial charge is 0.263 e. The lowest BCUT2D eigenvalue weighted by Crippen LogP contribution is -2.28. The summed E-state index contributed by atoms with van der Waals surface area (Å²) in [7, 11) is 0. The molecule has 2 aromatic carbocycles. The number of nitrogens with zero attached hydrogens (tertiary/aromatic N) is 8. The van der Waals surface area contributed by atoms with Gasteiger partial charge in [0.05, 0.1) is 0 Å². The van der Waals surface area contributed by atoms with E-state index >= 15 is 0 Å². The van der Waals surface area contributed by atoms with Gasteiger partial charge in [-0.15, -0.1) is 22.6 Å². The molecule has 0 saturated heterocycles. The Morgan fingerprint density at radius 2 is 0.962 bits per heavy atom. The van der Waals surface area contributed by atoms with Crippen LogP contribution in [-0.4, -0.2) is 51.3 Å². The number of anilines is 2. The molecule has 4 N–H and O–H groups in total. The van der Waals surface area contributed by atoms with Gasteiger partial charge in [0.25, 0.3) is 11.8 Å². The zero-order valence-electron chi connectivity index (χ0n) is 28.3. The van der Waals surface area contributed by atoms with Gasteiger partial charge >= 0.3 is 0 Å². The fourth-order valence-corrected chi connectivity index (χ4v) is 4.66. The second-order valence-electron chi connectivity index (χ2n) is 11.1. The first-order valence-electron chi connectivity index (χ1n) is 15.5. The summed E-state index contributed by atoms with van der Waals surface area (Å²) in [5.74, 6) is 1.69. The van der Waals surface area contributed by atoms with Crippen molar-refractivity contribution in [1.82, 2.24) is 50.3 Å². The monoisotopic (exact) mass is 720 g/mol. The summed E-state index contributed by atoms with van der Waals surface area (Å²) in [4.78, 5) is 40.3. The molecule has 0 aliphatic heterocycles. The highest BCUT2D eigenvalue weighted by Gasteiger charge is 2.06. The van der Waals surface area contributed by atoms with Gasteiger partial charge in [-0.3, -0.25) is 31.3 Å². The van der Waals surface area contributed by atoms with Gasteiger partial charge in [-0.05, 0) is 76.2 Å². The minimum atomic E-state index is -0.325. The van der Waals surface area contributed by atoms with E-state index in [1.807, 2.05) is 64.1 Å². The van der Waals surface area contributed by atoms with Crippen molar-refractivity contribution in [2.75, 3.05) is 10.9 Å². The van der Waals surface area contributed by atoms with Crippen molar-refractivity contribution in [2.45, 2.75) is 35.1 Å². The van der Waals surface area contributed by atoms with Crippen molar-refractivity contribution in [3.05, 3.63) is 132 Å². The third kappa shape index (κ3) is 12.3. The van der Waals surface area contributed by atoms with Crippen LogP contribution in [0.5, 0.6) is 0 Å². The zero-order chi connectivity index (χ0) is 35.3. The Kier molecular flexibility index (Phi) is 14.9. The molecule has 0 fully saturated rings. The van der Waals surface area contributed by atoms with Crippen LogP contribution in [0.1, 0.15) is 29.7 Å². The summed E-state index contributed by atoms with van der Waals surface area (Å²) >= 11 is 0. The van der Waals surface area contributed by atoms with E-state index in [-0.39, 0.29) is 31.6 Å². The van der Waals surface area contributed by atoms with Gasteiger partial charge in [0.1, 0.15) is 24.3 Å². The third-order valence-electron chi connectivity index (χ3n) is 6.69. The molecule has 0 aliphatic carbocycles. The molecule has 0 atom stereocenters. The molecule has 0 unspecified atom stereocenters. The molecule has 4 heterocycles. The van der Waals surface area contributed by atoms with Gasteiger partial charge in [0.15, 0.2) is 11.6 Å². The lowest BCUT2D eigenvalue weighted by molar-refractivity contribution is -0.116. The number of aromatic nitrogens is 8. The van der Waals surface area contributed by atoms with E-state index < -0.39 is 0 Å². The predicted octanol–water partition coefficient (Wildman–Crippen LogP) is 6.20. The van der Waals surface area contributed by atoms with E-state index in [0.29, 0.717) is 23.3 Å². The van der Waals surface area contributed by atoms with Gasteiger partial charge in [0, 0.05) is 48.1 Å². The van der Waals surface area contributed by atoms with Crippen LogP contribution < -0.4 is 21.7 Å². The van der Waals surface area contributed by atoms with Crippen molar-refractivity contribution in [3.63, 3.8) is 0 Å². The number of amides is 2. The molecule has 52 heavy (non-hydrogen) atoms.